The molecule has 0 radical (unpaired) electrons. The van der Waals surface area contributed by atoms with E-state index in [1.54, 1.807) is 18.3 Å². The van der Waals surface area contributed by atoms with Crippen molar-refractivity contribution in [2.75, 3.05) is 0 Å². The van der Waals surface area contributed by atoms with Crippen molar-refractivity contribution in [2.45, 2.75) is 26.2 Å². The normalized spacial score (nSPS) is 10.1. The summed E-state index contributed by atoms with van der Waals surface area (Å²) in [6, 6.07) is 5.36. The predicted octanol–water partition coefficient (Wildman–Crippen LogP) is 2.35. The van der Waals surface area contributed by atoms with E-state index in [0.717, 1.165) is 24.8 Å². The van der Waals surface area contributed by atoms with Crippen molar-refractivity contribution < 1.29 is 4.52 Å². The van der Waals surface area contributed by atoms with Gasteiger partial charge in [0, 0.05) is 18.2 Å². The van der Waals surface area contributed by atoms with Crippen molar-refractivity contribution in [3.8, 4) is 17.5 Å². The first-order valence-corrected chi connectivity index (χ1v) is 5.52. The Bertz CT molecular complexity index is 541. The maximum absolute atomic E-state index is 8.75. The molecule has 0 atom stereocenters. The molecule has 17 heavy (non-hydrogen) atoms. The van der Waals surface area contributed by atoms with Gasteiger partial charge in [0.2, 0.25) is 0 Å². The number of hydrogen-bond acceptors (Lipinski definition) is 5. The van der Waals surface area contributed by atoms with Crippen LogP contribution in [0.1, 0.15) is 31.3 Å². The van der Waals surface area contributed by atoms with Gasteiger partial charge in [-0.15, -0.1) is 0 Å². The average Bonchev–Trinajstić information content (AvgIpc) is 2.85. The molecule has 2 heterocycles. The Balaban J connectivity index is 2.21. The summed E-state index contributed by atoms with van der Waals surface area (Å²) in [7, 11) is 0. The number of nitriles is 1. The van der Waals surface area contributed by atoms with Gasteiger partial charge in [-0.25, -0.2) is 4.98 Å². The second kappa shape index (κ2) is 5.21. The molecule has 0 saturated heterocycles. The lowest BCUT2D eigenvalue weighted by molar-refractivity contribution is 0.421. The van der Waals surface area contributed by atoms with Crippen molar-refractivity contribution in [3.05, 3.63) is 29.8 Å². The van der Waals surface area contributed by atoms with Gasteiger partial charge in [0.15, 0.2) is 5.82 Å². The molecule has 0 amide bonds. The standard InChI is InChI=1S/C12H12N4O/c1-2-3-4-11-15-12(17-16-11)9-5-6-14-10(7-9)8-13/h5-7H,2-4H2,1H3. The molecule has 0 aliphatic heterocycles. The van der Waals surface area contributed by atoms with Gasteiger partial charge in [-0.2, -0.15) is 10.2 Å². The lowest BCUT2D eigenvalue weighted by Gasteiger charge is -1.93. The highest BCUT2D eigenvalue weighted by Crippen LogP contribution is 2.17. The summed E-state index contributed by atoms with van der Waals surface area (Å²) < 4.78 is 5.15. The van der Waals surface area contributed by atoms with Crippen LogP contribution in [0.3, 0.4) is 0 Å². The van der Waals surface area contributed by atoms with Gasteiger partial charge in [0.05, 0.1) is 0 Å². The van der Waals surface area contributed by atoms with Crippen molar-refractivity contribution >= 4 is 0 Å². The number of pyridine rings is 1. The summed E-state index contributed by atoms with van der Waals surface area (Å²) in [6.45, 7) is 2.11. The van der Waals surface area contributed by atoms with E-state index in [4.69, 9.17) is 9.78 Å². The minimum Gasteiger partial charge on any atom is -0.334 e. The van der Waals surface area contributed by atoms with E-state index in [-0.39, 0.29) is 0 Å². The summed E-state index contributed by atoms with van der Waals surface area (Å²) in [6.07, 6.45) is 4.51. The molecular weight excluding hydrogens is 216 g/mol. The molecule has 2 aromatic heterocycles. The average molecular weight is 228 g/mol. The van der Waals surface area contributed by atoms with Gasteiger partial charge < -0.3 is 4.52 Å². The molecule has 2 aromatic rings. The van der Waals surface area contributed by atoms with E-state index in [1.165, 1.54) is 0 Å². The van der Waals surface area contributed by atoms with Crippen molar-refractivity contribution in [2.24, 2.45) is 0 Å². The minimum atomic E-state index is 0.343. The highest BCUT2D eigenvalue weighted by atomic mass is 16.5. The van der Waals surface area contributed by atoms with Crippen LogP contribution in [-0.2, 0) is 6.42 Å². The quantitative estimate of drug-likeness (QED) is 0.802. The van der Waals surface area contributed by atoms with E-state index in [9.17, 15) is 0 Å². The van der Waals surface area contributed by atoms with Gasteiger partial charge in [0.1, 0.15) is 11.8 Å². The Morgan fingerprint density at radius 3 is 3.12 bits per heavy atom. The third kappa shape index (κ3) is 2.67. The lowest BCUT2D eigenvalue weighted by Crippen LogP contribution is -1.88. The first kappa shape index (κ1) is 11.3. The highest BCUT2D eigenvalue weighted by Gasteiger charge is 2.09. The van der Waals surface area contributed by atoms with Gasteiger partial charge in [0.25, 0.3) is 5.89 Å². The van der Waals surface area contributed by atoms with Crippen LogP contribution in [0.25, 0.3) is 11.5 Å². The molecule has 0 aliphatic carbocycles. The van der Waals surface area contributed by atoms with Gasteiger partial charge in [-0.05, 0) is 18.6 Å². The third-order valence-corrected chi connectivity index (χ3v) is 2.34. The van der Waals surface area contributed by atoms with Gasteiger partial charge >= 0.3 is 0 Å². The maximum Gasteiger partial charge on any atom is 0.258 e. The molecular formula is C12H12N4O. The summed E-state index contributed by atoms with van der Waals surface area (Å²) in [5.41, 5.74) is 1.07. The fourth-order valence-electron chi connectivity index (χ4n) is 1.43. The van der Waals surface area contributed by atoms with E-state index < -0.39 is 0 Å². The van der Waals surface area contributed by atoms with Gasteiger partial charge in [-0.1, -0.05) is 18.5 Å². The SMILES string of the molecule is CCCCc1noc(-c2ccnc(C#N)c2)n1. The second-order valence-corrected chi connectivity index (χ2v) is 3.66. The number of nitrogens with zero attached hydrogens (tertiary/aromatic N) is 4. The Morgan fingerprint density at radius 2 is 2.35 bits per heavy atom. The maximum atomic E-state index is 8.75. The topological polar surface area (TPSA) is 75.6 Å². The highest BCUT2D eigenvalue weighted by molar-refractivity contribution is 5.53. The summed E-state index contributed by atoms with van der Waals surface area (Å²) in [5.74, 6) is 1.15. The lowest BCUT2D eigenvalue weighted by atomic mass is 10.2. The fraction of sp³-hybridized carbons (Fsp3) is 0.333. The number of aryl methyl sites for hydroxylation is 1. The summed E-state index contributed by atoms with van der Waals surface area (Å²) >= 11 is 0. The molecule has 2 rings (SSSR count). The third-order valence-electron chi connectivity index (χ3n) is 2.34. The van der Waals surface area contributed by atoms with E-state index in [0.29, 0.717) is 17.4 Å². The van der Waals surface area contributed by atoms with Crippen LogP contribution < -0.4 is 0 Å². The number of hydrogen-bond donors (Lipinski definition) is 0. The molecule has 0 fully saturated rings. The van der Waals surface area contributed by atoms with E-state index in [1.807, 2.05) is 6.07 Å². The molecule has 0 aromatic carbocycles. The summed E-state index contributed by atoms with van der Waals surface area (Å²) in [5, 5.41) is 12.6. The Morgan fingerprint density at radius 1 is 1.47 bits per heavy atom. The van der Waals surface area contributed by atoms with Crippen LogP contribution in [0.4, 0.5) is 0 Å². The summed E-state index contributed by atoms with van der Waals surface area (Å²) in [4.78, 5) is 8.17. The number of aromatic nitrogens is 3. The molecule has 5 nitrogen and oxygen atoms in total. The second-order valence-electron chi connectivity index (χ2n) is 3.66. The van der Waals surface area contributed by atoms with Crippen LogP contribution in [-0.4, -0.2) is 15.1 Å². The van der Waals surface area contributed by atoms with Crippen molar-refractivity contribution in [1.29, 1.82) is 5.26 Å². The van der Waals surface area contributed by atoms with Crippen molar-refractivity contribution in [3.63, 3.8) is 0 Å². The van der Waals surface area contributed by atoms with Crippen LogP contribution in [0, 0.1) is 11.3 Å². The van der Waals surface area contributed by atoms with Crippen LogP contribution in [0.5, 0.6) is 0 Å². The first-order chi connectivity index (χ1) is 8.33. The Hall–Kier alpha value is -2.22. The van der Waals surface area contributed by atoms with Crippen LogP contribution >= 0.6 is 0 Å². The molecule has 0 N–H and O–H groups in total. The predicted molar refractivity (Wildman–Crippen MR) is 60.9 cm³/mol. The van der Waals surface area contributed by atoms with E-state index in [2.05, 4.69) is 22.0 Å². The van der Waals surface area contributed by atoms with Crippen LogP contribution in [0.2, 0.25) is 0 Å². The Labute approximate surface area is 99.1 Å². The first-order valence-electron chi connectivity index (χ1n) is 5.52. The zero-order valence-electron chi connectivity index (χ0n) is 9.55. The molecule has 86 valence electrons. The van der Waals surface area contributed by atoms with Crippen molar-refractivity contribution in [1.82, 2.24) is 15.1 Å². The van der Waals surface area contributed by atoms with Gasteiger partial charge in [-0.3, -0.25) is 0 Å². The zero-order chi connectivity index (χ0) is 12.1. The molecule has 0 bridgehead atoms. The number of unbranched alkanes of at least 4 members (excludes halogenated alkanes) is 1. The monoisotopic (exact) mass is 228 g/mol. The minimum absolute atomic E-state index is 0.343. The number of rotatable bonds is 4. The molecule has 0 saturated carbocycles. The molecule has 0 unspecified atom stereocenters. The smallest absolute Gasteiger partial charge is 0.258 e. The fourth-order valence-corrected chi connectivity index (χ4v) is 1.43. The van der Waals surface area contributed by atoms with Crippen LogP contribution in [0.15, 0.2) is 22.9 Å². The Kier molecular flexibility index (Phi) is 3.46. The molecule has 0 spiro atoms. The zero-order valence-corrected chi connectivity index (χ0v) is 9.55. The van der Waals surface area contributed by atoms with E-state index >= 15 is 0 Å². The molecule has 0 aliphatic rings. The largest absolute Gasteiger partial charge is 0.334 e. The molecule has 5 heteroatoms.